The van der Waals surface area contributed by atoms with Gasteiger partial charge in [-0.15, -0.1) is 0 Å². The predicted octanol–water partition coefficient (Wildman–Crippen LogP) is 1.15. The summed E-state index contributed by atoms with van der Waals surface area (Å²) < 4.78 is 13.3. The van der Waals surface area contributed by atoms with Crippen LogP contribution in [-0.2, 0) is 4.79 Å². The van der Waals surface area contributed by atoms with Crippen LogP contribution in [0.3, 0.4) is 0 Å². The molecule has 0 unspecified atom stereocenters. The van der Waals surface area contributed by atoms with Crippen molar-refractivity contribution in [3.05, 3.63) is 29.6 Å². The minimum Gasteiger partial charge on any atom is -0.396 e. The molecule has 5 nitrogen and oxygen atoms in total. The zero-order valence-corrected chi connectivity index (χ0v) is 11.4. The van der Waals surface area contributed by atoms with Gasteiger partial charge in [0.15, 0.2) is 0 Å². The van der Waals surface area contributed by atoms with E-state index in [0.717, 1.165) is 6.07 Å². The molecule has 1 aromatic carbocycles. The van der Waals surface area contributed by atoms with Crippen molar-refractivity contribution in [3.8, 4) is 0 Å². The first-order valence-corrected chi connectivity index (χ1v) is 6.59. The van der Waals surface area contributed by atoms with E-state index in [1.165, 1.54) is 19.1 Å². The maximum Gasteiger partial charge on any atom is 0.251 e. The van der Waals surface area contributed by atoms with Gasteiger partial charge in [-0.05, 0) is 31.0 Å². The largest absolute Gasteiger partial charge is 0.396 e. The number of rotatable bonds is 2. The van der Waals surface area contributed by atoms with E-state index in [1.807, 2.05) is 0 Å². The van der Waals surface area contributed by atoms with Crippen molar-refractivity contribution in [3.63, 3.8) is 0 Å². The number of hydrogen-bond acceptors (Lipinski definition) is 3. The van der Waals surface area contributed by atoms with Crippen molar-refractivity contribution in [2.24, 2.45) is 0 Å². The highest BCUT2D eigenvalue weighted by Crippen LogP contribution is 2.14. The van der Waals surface area contributed by atoms with Crippen LogP contribution in [0.1, 0.15) is 30.1 Å². The van der Waals surface area contributed by atoms with E-state index >= 15 is 0 Å². The summed E-state index contributed by atoms with van der Waals surface area (Å²) in [5.41, 5.74) is 5.65. The molecule has 0 saturated carbocycles. The van der Waals surface area contributed by atoms with E-state index in [-0.39, 0.29) is 29.1 Å². The Morgan fingerprint density at radius 2 is 2.00 bits per heavy atom. The summed E-state index contributed by atoms with van der Waals surface area (Å²) in [4.78, 5) is 25.0. The van der Waals surface area contributed by atoms with Crippen LogP contribution in [0.15, 0.2) is 18.2 Å². The number of anilines is 1. The van der Waals surface area contributed by atoms with E-state index in [2.05, 4.69) is 5.32 Å². The maximum absolute atomic E-state index is 13.3. The first-order chi connectivity index (χ1) is 9.47. The number of amides is 2. The van der Waals surface area contributed by atoms with Crippen molar-refractivity contribution >= 4 is 17.5 Å². The van der Waals surface area contributed by atoms with Crippen molar-refractivity contribution in [1.29, 1.82) is 0 Å². The number of likely N-dealkylation sites (tertiary alicyclic amines) is 1. The van der Waals surface area contributed by atoms with Crippen molar-refractivity contribution in [1.82, 2.24) is 10.2 Å². The molecular weight excluding hydrogens is 261 g/mol. The number of piperidine rings is 1. The Morgan fingerprint density at radius 3 is 2.55 bits per heavy atom. The van der Waals surface area contributed by atoms with Crippen molar-refractivity contribution < 1.29 is 14.0 Å². The molecule has 0 atom stereocenters. The van der Waals surface area contributed by atoms with Crippen molar-refractivity contribution in [2.75, 3.05) is 18.8 Å². The normalized spacial score (nSPS) is 16.0. The van der Waals surface area contributed by atoms with E-state index in [0.29, 0.717) is 25.9 Å². The Bertz CT molecular complexity index is 525. The summed E-state index contributed by atoms with van der Waals surface area (Å²) in [6.45, 7) is 2.81. The van der Waals surface area contributed by atoms with Crippen LogP contribution in [0.2, 0.25) is 0 Å². The average molecular weight is 279 g/mol. The van der Waals surface area contributed by atoms with Crippen LogP contribution in [0, 0.1) is 5.82 Å². The first-order valence-electron chi connectivity index (χ1n) is 6.59. The quantitative estimate of drug-likeness (QED) is 0.797. The van der Waals surface area contributed by atoms with Crippen LogP contribution < -0.4 is 11.1 Å². The van der Waals surface area contributed by atoms with Crippen LogP contribution in [-0.4, -0.2) is 35.8 Å². The molecule has 0 bridgehead atoms. The highest BCUT2D eigenvalue weighted by atomic mass is 19.1. The lowest BCUT2D eigenvalue weighted by atomic mass is 10.0. The third-order valence-electron chi connectivity index (χ3n) is 3.54. The number of carbonyl (C=O) groups excluding carboxylic acids is 2. The molecule has 0 aromatic heterocycles. The molecule has 1 fully saturated rings. The Hall–Kier alpha value is -2.11. The smallest absolute Gasteiger partial charge is 0.251 e. The number of carbonyl (C=O) groups is 2. The van der Waals surface area contributed by atoms with Crippen LogP contribution >= 0.6 is 0 Å². The van der Waals surface area contributed by atoms with Gasteiger partial charge in [0.1, 0.15) is 5.82 Å². The SMILES string of the molecule is CC(=O)N1CCC(NC(=O)c2ccc(N)c(F)c2)CC1. The van der Waals surface area contributed by atoms with Crippen LogP contribution in [0.25, 0.3) is 0 Å². The Kier molecular flexibility index (Phi) is 4.22. The monoisotopic (exact) mass is 279 g/mol. The number of nitrogen functional groups attached to an aromatic ring is 1. The fourth-order valence-electron chi connectivity index (χ4n) is 2.28. The highest BCUT2D eigenvalue weighted by molar-refractivity contribution is 5.94. The lowest BCUT2D eigenvalue weighted by molar-refractivity contribution is -0.129. The van der Waals surface area contributed by atoms with Gasteiger partial charge in [0.05, 0.1) is 5.69 Å². The molecule has 2 rings (SSSR count). The fraction of sp³-hybridized carbons (Fsp3) is 0.429. The zero-order valence-electron chi connectivity index (χ0n) is 11.4. The molecule has 0 aliphatic carbocycles. The number of halogens is 1. The molecule has 3 N–H and O–H groups in total. The molecule has 1 heterocycles. The third-order valence-corrected chi connectivity index (χ3v) is 3.54. The minimum atomic E-state index is -0.593. The molecule has 2 amide bonds. The van der Waals surface area contributed by atoms with E-state index in [9.17, 15) is 14.0 Å². The molecule has 1 aromatic rings. The Labute approximate surface area is 116 Å². The molecule has 0 spiro atoms. The first kappa shape index (κ1) is 14.3. The number of hydrogen-bond donors (Lipinski definition) is 2. The van der Waals surface area contributed by atoms with Gasteiger partial charge < -0.3 is 16.0 Å². The predicted molar refractivity (Wildman–Crippen MR) is 73.6 cm³/mol. The number of nitrogens with one attached hydrogen (secondary N) is 1. The van der Waals surface area contributed by atoms with Crippen LogP contribution in [0.4, 0.5) is 10.1 Å². The highest BCUT2D eigenvalue weighted by Gasteiger charge is 2.22. The number of nitrogens with two attached hydrogens (primary N) is 1. The lowest BCUT2D eigenvalue weighted by Crippen LogP contribution is -2.46. The zero-order chi connectivity index (χ0) is 14.7. The second-order valence-corrected chi connectivity index (χ2v) is 4.99. The summed E-state index contributed by atoms with van der Waals surface area (Å²) in [6.07, 6.45) is 1.42. The minimum absolute atomic E-state index is 0.0127. The van der Waals surface area contributed by atoms with E-state index < -0.39 is 5.82 Å². The maximum atomic E-state index is 13.3. The molecule has 1 saturated heterocycles. The molecular formula is C14H18FN3O2. The summed E-state index contributed by atoms with van der Waals surface area (Å²) >= 11 is 0. The van der Waals surface area contributed by atoms with Gasteiger partial charge in [-0.1, -0.05) is 0 Å². The third kappa shape index (κ3) is 3.26. The van der Waals surface area contributed by atoms with Crippen LogP contribution in [0.5, 0.6) is 0 Å². The summed E-state index contributed by atoms with van der Waals surface area (Å²) in [5.74, 6) is -0.857. The Balaban J connectivity index is 1.92. The topological polar surface area (TPSA) is 75.4 Å². The van der Waals surface area contributed by atoms with E-state index in [1.54, 1.807) is 4.90 Å². The van der Waals surface area contributed by atoms with Gasteiger partial charge in [0.25, 0.3) is 5.91 Å². The molecule has 108 valence electrons. The van der Waals surface area contributed by atoms with Gasteiger partial charge in [-0.2, -0.15) is 0 Å². The van der Waals surface area contributed by atoms with Gasteiger partial charge in [0, 0.05) is 31.6 Å². The van der Waals surface area contributed by atoms with Gasteiger partial charge >= 0.3 is 0 Å². The second kappa shape index (κ2) is 5.90. The molecule has 1 aliphatic rings. The number of nitrogens with zero attached hydrogens (tertiary/aromatic N) is 1. The standard InChI is InChI=1S/C14H18FN3O2/c1-9(19)18-6-4-11(5-7-18)17-14(20)10-2-3-13(16)12(15)8-10/h2-3,8,11H,4-7,16H2,1H3,(H,17,20). The number of benzene rings is 1. The summed E-state index contributed by atoms with van der Waals surface area (Å²) in [6, 6.07) is 4.02. The van der Waals surface area contributed by atoms with Gasteiger partial charge in [-0.25, -0.2) is 4.39 Å². The van der Waals surface area contributed by atoms with Crippen molar-refractivity contribution in [2.45, 2.75) is 25.8 Å². The summed E-state index contributed by atoms with van der Waals surface area (Å²) in [7, 11) is 0. The van der Waals surface area contributed by atoms with E-state index in [4.69, 9.17) is 5.73 Å². The fourth-order valence-corrected chi connectivity index (χ4v) is 2.28. The average Bonchev–Trinajstić information content (AvgIpc) is 2.42. The molecule has 0 radical (unpaired) electrons. The summed E-state index contributed by atoms with van der Waals surface area (Å²) in [5, 5.41) is 2.86. The Morgan fingerprint density at radius 1 is 1.35 bits per heavy atom. The molecule has 1 aliphatic heterocycles. The molecule has 20 heavy (non-hydrogen) atoms. The lowest BCUT2D eigenvalue weighted by Gasteiger charge is -2.31. The van der Waals surface area contributed by atoms with Gasteiger partial charge in [0.2, 0.25) is 5.91 Å². The van der Waals surface area contributed by atoms with Gasteiger partial charge in [-0.3, -0.25) is 9.59 Å². The molecule has 6 heteroatoms. The second-order valence-electron chi connectivity index (χ2n) is 4.99.